The van der Waals surface area contributed by atoms with E-state index in [0.29, 0.717) is 0 Å². The Hall–Kier alpha value is -0.940. The molecule has 0 amide bonds. The summed E-state index contributed by atoms with van der Waals surface area (Å²) in [5.74, 6) is 0.962. The molecule has 2 aromatic heterocycles. The third-order valence-corrected chi connectivity index (χ3v) is 2.73. The molecule has 0 fully saturated rings. The van der Waals surface area contributed by atoms with E-state index in [4.69, 9.17) is 5.73 Å². The van der Waals surface area contributed by atoms with Crippen molar-refractivity contribution in [3.63, 3.8) is 0 Å². The van der Waals surface area contributed by atoms with Gasteiger partial charge in [0, 0.05) is 23.1 Å². The molecule has 2 aromatic rings. The Bertz CT molecular complexity index is 463. The van der Waals surface area contributed by atoms with Gasteiger partial charge in [-0.1, -0.05) is 0 Å². The van der Waals surface area contributed by atoms with Gasteiger partial charge in [-0.3, -0.25) is 4.40 Å². The van der Waals surface area contributed by atoms with Gasteiger partial charge in [0.2, 0.25) is 0 Å². The molecule has 2 rings (SSSR count). The molecule has 4 nitrogen and oxygen atoms in total. The second kappa shape index (κ2) is 4.28. The topological polar surface area (TPSA) is 56.2 Å². The zero-order valence-corrected chi connectivity index (χ0v) is 10.1. The largest absolute Gasteiger partial charge is 0.328 e. The molecule has 0 bridgehead atoms. The summed E-state index contributed by atoms with van der Waals surface area (Å²) in [6.07, 6.45) is 3.76. The van der Waals surface area contributed by atoms with Crippen LogP contribution in [0.1, 0.15) is 19.2 Å². The summed E-state index contributed by atoms with van der Waals surface area (Å²) in [6, 6.07) is 4.09. The van der Waals surface area contributed by atoms with Crippen LogP contribution in [-0.2, 0) is 6.42 Å². The second-order valence-corrected chi connectivity index (χ2v) is 4.62. The Morgan fingerprint density at radius 3 is 3.00 bits per heavy atom. The first kappa shape index (κ1) is 10.6. The van der Waals surface area contributed by atoms with E-state index in [1.54, 1.807) is 0 Å². The molecule has 2 heterocycles. The van der Waals surface area contributed by atoms with Crippen LogP contribution in [0.25, 0.3) is 5.65 Å². The summed E-state index contributed by atoms with van der Waals surface area (Å²) >= 11 is 3.43. The normalized spacial score (nSPS) is 13.3. The second-order valence-electron chi connectivity index (χ2n) is 3.71. The Morgan fingerprint density at radius 2 is 2.27 bits per heavy atom. The lowest BCUT2D eigenvalue weighted by Crippen LogP contribution is -2.16. The van der Waals surface area contributed by atoms with Crippen molar-refractivity contribution in [1.29, 1.82) is 0 Å². The molecule has 80 valence electrons. The molecule has 1 atom stereocenters. The van der Waals surface area contributed by atoms with Crippen LogP contribution in [0.15, 0.2) is 22.8 Å². The highest BCUT2D eigenvalue weighted by Crippen LogP contribution is 2.13. The Morgan fingerprint density at radius 1 is 1.47 bits per heavy atom. The summed E-state index contributed by atoms with van der Waals surface area (Å²) in [5.41, 5.74) is 6.59. The third-order valence-electron chi connectivity index (χ3n) is 2.26. The van der Waals surface area contributed by atoms with Gasteiger partial charge >= 0.3 is 0 Å². The molecule has 0 aliphatic rings. The van der Waals surface area contributed by atoms with Gasteiger partial charge in [-0.15, -0.1) is 10.2 Å². The van der Waals surface area contributed by atoms with E-state index in [-0.39, 0.29) is 6.04 Å². The number of aryl methyl sites for hydroxylation is 1. The Labute approximate surface area is 96.6 Å². The van der Waals surface area contributed by atoms with Crippen molar-refractivity contribution >= 4 is 21.6 Å². The molecule has 0 spiro atoms. The highest BCUT2D eigenvalue weighted by molar-refractivity contribution is 9.10. The lowest BCUT2D eigenvalue weighted by Gasteiger charge is -2.03. The van der Waals surface area contributed by atoms with Gasteiger partial charge in [0.1, 0.15) is 5.82 Å². The maximum Gasteiger partial charge on any atom is 0.160 e. The van der Waals surface area contributed by atoms with E-state index >= 15 is 0 Å². The maximum atomic E-state index is 5.72. The number of hydrogen-bond acceptors (Lipinski definition) is 3. The number of halogens is 1. The van der Waals surface area contributed by atoms with Gasteiger partial charge in [0.15, 0.2) is 5.65 Å². The van der Waals surface area contributed by atoms with Gasteiger partial charge in [-0.25, -0.2) is 0 Å². The molecule has 0 aliphatic carbocycles. The van der Waals surface area contributed by atoms with Crippen molar-refractivity contribution in [3.05, 3.63) is 28.6 Å². The first-order valence-corrected chi connectivity index (χ1v) is 5.71. The number of hydrogen-bond donors (Lipinski definition) is 1. The standard InChI is InChI=1S/C10H13BrN4/c1-7(12)2-4-9-13-14-10-5-3-8(11)6-15(9)10/h3,5-7H,2,4,12H2,1H3. The predicted octanol–water partition coefficient (Wildman–Crippen LogP) is 1.77. The van der Waals surface area contributed by atoms with Crippen molar-refractivity contribution in [2.75, 3.05) is 0 Å². The molecule has 0 saturated carbocycles. The van der Waals surface area contributed by atoms with Crippen LogP contribution in [0, 0.1) is 0 Å². The monoisotopic (exact) mass is 268 g/mol. The van der Waals surface area contributed by atoms with Crippen LogP contribution in [-0.4, -0.2) is 20.6 Å². The fraction of sp³-hybridized carbons (Fsp3) is 0.400. The van der Waals surface area contributed by atoms with Crippen LogP contribution in [0.2, 0.25) is 0 Å². The summed E-state index contributed by atoms with van der Waals surface area (Å²) in [4.78, 5) is 0. The number of fused-ring (bicyclic) bond motifs is 1. The average molecular weight is 269 g/mol. The summed E-state index contributed by atoms with van der Waals surface area (Å²) in [7, 11) is 0. The number of nitrogens with two attached hydrogens (primary N) is 1. The SMILES string of the molecule is CC(N)CCc1nnc2ccc(Br)cn12. The summed E-state index contributed by atoms with van der Waals surface area (Å²) in [6.45, 7) is 2.00. The molecule has 2 N–H and O–H groups in total. The fourth-order valence-electron chi connectivity index (χ4n) is 1.44. The van der Waals surface area contributed by atoms with E-state index in [1.807, 2.05) is 29.7 Å². The smallest absolute Gasteiger partial charge is 0.160 e. The first-order chi connectivity index (χ1) is 7.16. The minimum Gasteiger partial charge on any atom is -0.328 e. The number of aromatic nitrogens is 3. The molecule has 5 heteroatoms. The number of rotatable bonds is 3. The van der Waals surface area contributed by atoms with Gasteiger partial charge in [-0.2, -0.15) is 0 Å². The zero-order chi connectivity index (χ0) is 10.8. The third kappa shape index (κ3) is 2.35. The van der Waals surface area contributed by atoms with Crippen molar-refractivity contribution in [2.24, 2.45) is 5.73 Å². The predicted molar refractivity (Wildman–Crippen MR) is 62.7 cm³/mol. The van der Waals surface area contributed by atoms with E-state index in [9.17, 15) is 0 Å². The fourth-order valence-corrected chi connectivity index (χ4v) is 1.78. The molecule has 0 radical (unpaired) electrons. The van der Waals surface area contributed by atoms with Crippen molar-refractivity contribution in [3.8, 4) is 0 Å². The van der Waals surface area contributed by atoms with Crippen molar-refractivity contribution in [2.45, 2.75) is 25.8 Å². The van der Waals surface area contributed by atoms with E-state index in [1.165, 1.54) is 0 Å². The molecule has 1 unspecified atom stereocenters. The van der Waals surface area contributed by atoms with E-state index < -0.39 is 0 Å². The minimum absolute atomic E-state index is 0.199. The van der Waals surface area contributed by atoms with Gasteiger partial charge in [0.25, 0.3) is 0 Å². The van der Waals surface area contributed by atoms with Crippen LogP contribution in [0.3, 0.4) is 0 Å². The van der Waals surface area contributed by atoms with Crippen LogP contribution >= 0.6 is 15.9 Å². The van der Waals surface area contributed by atoms with Gasteiger partial charge in [0.05, 0.1) is 0 Å². The number of pyridine rings is 1. The lowest BCUT2D eigenvalue weighted by molar-refractivity contribution is 0.644. The van der Waals surface area contributed by atoms with E-state index in [0.717, 1.165) is 28.8 Å². The van der Waals surface area contributed by atoms with Gasteiger partial charge in [-0.05, 0) is 41.4 Å². The molecule has 0 aliphatic heterocycles. The Kier molecular flexibility index (Phi) is 3.02. The van der Waals surface area contributed by atoms with Gasteiger partial charge < -0.3 is 5.73 Å². The Balaban J connectivity index is 2.31. The highest BCUT2D eigenvalue weighted by Gasteiger charge is 2.06. The van der Waals surface area contributed by atoms with Crippen LogP contribution < -0.4 is 5.73 Å². The van der Waals surface area contributed by atoms with Crippen molar-refractivity contribution < 1.29 is 0 Å². The molecular weight excluding hydrogens is 256 g/mol. The molecule has 0 aromatic carbocycles. The average Bonchev–Trinajstić information content (AvgIpc) is 2.57. The lowest BCUT2D eigenvalue weighted by atomic mass is 10.2. The van der Waals surface area contributed by atoms with Crippen LogP contribution in [0.5, 0.6) is 0 Å². The quantitative estimate of drug-likeness (QED) is 0.923. The van der Waals surface area contributed by atoms with Crippen LogP contribution in [0.4, 0.5) is 0 Å². The highest BCUT2D eigenvalue weighted by atomic mass is 79.9. The molecule has 0 saturated heterocycles. The van der Waals surface area contributed by atoms with Crippen molar-refractivity contribution in [1.82, 2.24) is 14.6 Å². The summed E-state index contributed by atoms with van der Waals surface area (Å²) < 4.78 is 3.02. The molecule has 15 heavy (non-hydrogen) atoms. The number of nitrogens with zero attached hydrogens (tertiary/aromatic N) is 3. The summed E-state index contributed by atoms with van der Waals surface area (Å²) in [5, 5.41) is 8.23. The minimum atomic E-state index is 0.199. The zero-order valence-electron chi connectivity index (χ0n) is 8.52. The first-order valence-electron chi connectivity index (χ1n) is 4.91. The maximum absolute atomic E-state index is 5.72. The molecular formula is C10H13BrN4. The van der Waals surface area contributed by atoms with E-state index in [2.05, 4.69) is 26.1 Å².